The van der Waals surface area contributed by atoms with Crippen molar-refractivity contribution in [3.63, 3.8) is 0 Å². The number of carbonyl (C=O) groups excluding carboxylic acids is 2. The largest absolute Gasteiger partial charge is 0.336 e. The SMILES string of the molecule is CC(Sc1nncn1C)c1cccc(NC(=O)N2CCN(C3CC3)C(=O)C2)c1. The number of hydrogen-bond donors (Lipinski definition) is 1. The molecule has 3 amide bonds. The number of nitrogens with zero attached hydrogens (tertiary/aromatic N) is 5. The second-order valence-electron chi connectivity index (χ2n) is 7.28. The number of hydrogen-bond acceptors (Lipinski definition) is 5. The summed E-state index contributed by atoms with van der Waals surface area (Å²) < 4.78 is 1.88. The lowest BCUT2D eigenvalue weighted by atomic mass is 10.1. The lowest BCUT2D eigenvalue weighted by Gasteiger charge is -2.34. The van der Waals surface area contributed by atoms with Crippen LogP contribution in [0.1, 0.15) is 30.6 Å². The van der Waals surface area contributed by atoms with E-state index in [9.17, 15) is 9.59 Å². The third kappa shape index (κ3) is 4.14. The minimum Gasteiger partial charge on any atom is -0.336 e. The molecule has 2 aromatic rings. The van der Waals surface area contributed by atoms with Gasteiger partial charge in [-0.2, -0.15) is 0 Å². The fourth-order valence-corrected chi connectivity index (χ4v) is 4.22. The summed E-state index contributed by atoms with van der Waals surface area (Å²) in [6, 6.07) is 7.96. The number of nitrogens with one attached hydrogen (secondary N) is 1. The maximum Gasteiger partial charge on any atom is 0.322 e. The molecule has 1 aliphatic carbocycles. The Labute approximate surface area is 168 Å². The highest BCUT2D eigenvalue weighted by Crippen LogP contribution is 2.34. The lowest BCUT2D eigenvalue weighted by molar-refractivity contribution is -0.135. The molecular weight excluding hydrogens is 376 g/mol. The molecule has 28 heavy (non-hydrogen) atoms. The van der Waals surface area contributed by atoms with E-state index in [1.807, 2.05) is 40.8 Å². The molecule has 1 saturated heterocycles. The highest BCUT2D eigenvalue weighted by atomic mass is 32.2. The zero-order valence-electron chi connectivity index (χ0n) is 16.0. The van der Waals surface area contributed by atoms with Crippen molar-refractivity contribution >= 4 is 29.4 Å². The molecule has 0 spiro atoms. The first-order chi connectivity index (χ1) is 13.5. The average Bonchev–Trinajstić information content (AvgIpc) is 3.45. The van der Waals surface area contributed by atoms with Crippen LogP contribution in [-0.2, 0) is 11.8 Å². The average molecular weight is 401 g/mol. The van der Waals surface area contributed by atoms with Crippen LogP contribution in [-0.4, -0.2) is 62.2 Å². The molecule has 148 valence electrons. The zero-order valence-corrected chi connectivity index (χ0v) is 16.9. The number of anilines is 1. The van der Waals surface area contributed by atoms with Crippen molar-refractivity contribution in [2.24, 2.45) is 7.05 Å². The van der Waals surface area contributed by atoms with Gasteiger partial charge in [-0.3, -0.25) is 4.79 Å². The fourth-order valence-electron chi connectivity index (χ4n) is 3.31. The van der Waals surface area contributed by atoms with Crippen LogP contribution in [0.2, 0.25) is 0 Å². The molecule has 0 radical (unpaired) electrons. The van der Waals surface area contributed by atoms with Crippen molar-refractivity contribution in [3.8, 4) is 0 Å². The van der Waals surface area contributed by atoms with Gasteiger partial charge in [-0.15, -0.1) is 10.2 Å². The van der Waals surface area contributed by atoms with Crippen molar-refractivity contribution < 1.29 is 9.59 Å². The monoisotopic (exact) mass is 400 g/mol. The van der Waals surface area contributed by atoms with Gasteiger partial charge in [-0.1, -0.05) is 23.9 Å². The summed E-state index contributed by atoms with van der Waals surface area (Å²) in [5, 5.41) is 11.9. The van der Waals surface area contributed by atoms with Gasteiger partial charge in [-0.25, -0.2) is 4.79 Å². The number of piperazine rings is 1. The number of aromatic nitrogens is 3. The molecule has 2 fully saturated rings. The molecule has 1 aromatic carbocycles. The van der Waals surface area contributed by atoms with Gasteiger partial charge >= 0.3 is 6.03 Å². The van der Waals surface area contributed by atoms with Crippen LogP contribution in [0.15, 0.2) is 35.7 Å². The first kappa shape index (κ1) is 18.8. The van der Waals surface area contributed by atoms with Crippen molar-refractivity contribution in [1.29, 1.82) is 0 Å². The summed E-state index contributed by atoms with van der Waals surface area (Å²) in [5.41, 5.74) is 1.81. The minimum atomic E-state index is -0.227. The second-order valence-corrected chi connectivity index (χ2v) is 8.59. The van der Waals surface area contributed by atoms with Gasteiger partial charge in [0.1, 0.15) is 12.9 Å². The van der Waals surface area contributed by atoms with E-state index < -0.39 is 0 Å². The van der Waals surface area contributed by atoms with Gasteiger partial charge in [0.05, 0.1) is 0 Å². The molecule has 4 rings (SSSR count). The quantitative estimate of drug-likeness (QED) is 0.780. The summed E-state index contributed by atoms with van der Waals surface area (Å²) in [6.45, 7) is 3.45. The third-order valence-corrected chi connectivity index (χ3v) is 6.30. The standard InChI is InChI=1S/C19H24N6O2S/c1-13(28-19-22-20-12-23(19)2)14-4-3-5-15(10-14)21-18(27)24-8-9-25(16-6-7-16)17(26)11-24/h3-5,10,12-13,16H,6-9,11H2,1-2H3,(H,21,27). The maximum absolute atomic E-state index is 12.6. The molecule has 1 aromatic heterocycles. The van der Waals surface area contributed by atoms with E-state index in [0.29, 0.717) is 19.1 Å². The zero-order chi connectivity index (χ0) is 19.7. The van der Waals surface area contributed by atoms with Crippen LogP contribution in [0.5, 0.6) is 0 Å². The highest BCUT2D eigenvalue weighted by Gasteiger charge is 2.36. The number of aryl methyl sites for hydroxylation is 1. The predicted octanol–water partition coefficient (Wildman–Crippen LogP) is 2.51. The molecule has 1 saturated carbocycles. The van der Waals surface area contributed by atoms with E-state index >= 15 is 0 Å². The van der Waals surface area contributed by atoms with Gasteiger partial charge in [-0.05, 0) is 37.5 Å². The number of carbonyl (C=O) groups is 2. The Morgan fingerprint density at radius 1 is 1.32 bits per heavy atom. The molecule has 0 bridgehead atoms. The van der Waals surface area contributed by atoms with Crippen LogP contribution < -0.4 is 5.32 Å². The van der Waals surface area contributed by atoms with E-state index in [4.69, 9.17) is 0 Å². The number of amides is 3. The van der Waals surface area contributed by atoms with Crippen LogP contribution in [0.4, 0.5) is 10.5 Å². The van der Waals surface area contributed by atoms with Gasteiger partial charge < -0.3 is 19.7 Å². The first-order valence-electron chi connectivity index (χ1n) is 9.47. The van der Waals surface area contributed by atoms with Crippen LogP contribution in [0, 0.1) is 0 Å². The molecule has 1 unspecified atom stereocenters. The molecule has 1 aliphatic heterocycles. The Morgan fingerprint density at radius 3 is 2.82 bits per heavy atom. The second kappa shape index (κ2) is 7.83. The van der Waals surface area contributed by atoms with Gasteiger partial charge in [0.25, 0.3) is 0 Å². The Hall–Kier alpha value is -2.55. The Balaban J connectivity index is 1.37. The van der Waals surface area contributed by atoms with Crippen LogP contribution in [0.25, 0.3) is 0 Å². The Kier molecular flexibility index (Phi) is 5.25. The minimum absolute atomic E-state index is 0.0475. The van der Waals surface area contributed by atoms with Crippen LogP contribution >= 0.6 is 11.8 Å². The molecule has 8 nitrogen and oxygen atoms in total. The lowest BCUT2D eigenvalue weighted by Crippen LogP contribution is -2.53. The van der Waals surface area contributed by atoms with E-state index in [-0.39, 0.29) is 23.7 Å². The summed E-state index contributed by atoms with van der Waals surface area (Å²) >= 11 is 1.61. The number of benzene rings is 1. The van der Waals surface area contributed by atoms with E-state index in [1.165, 1.54) is 0 Å². The summed E-state index contributed by atoms with van der Waals surface area (Å²) in [6.07, 6.45) is 3.86. The number of rotatable bonds is 5. The summed E-state index contributed by atoms with van der Waals surface area (Å²) in [5.74, 6) is 0.0475. The van der Waals surface area contributed by atoms with Gasteiger partial charge in [0.15, 0.2) is 5.16 Å². The highest BCUT2D eigenvalue weighted by molar-refractivity contribution is 7.99. The van der Waals surface area contributed by atoms with E-state index in [2.05, 4.69) is 22.4 Å². The third-order valence-electron chi connectivity index (χ3n) is 5.09. The fraction of sp³-hybridized carbons (Fsp3) is 0.474. The Bertz CT molecular complexity index is 881. The maximum atomic E-state index is 12.6. The number of urea groups is 1. The van der Waals surface area contributed by atoms with Crippen molar-refractivity contribution in [2.75, 3.05) is 25.0 Å². The van der Waals surface area contributed by atoms with E-state index in [1.54, 1.807) is 23.0 Å². The van der Waals surface area contributed by atoms with Crippen molar-refractivity contribution in [3.05, 3.63) is 36.2 Å². The topological polar surface area (TPSA) is 83.4 Å². The predicted molar refractivity (Wildman–Crippen MR) is 107 cm³/mol. The molecule has 9 heteroatoms. The smallest absolute Gasteiger partial charge is 0.322 e. The van der Waals surface area contributed by atoms with Crippen molar-refractivity contribution in [1.82, 2.24) is 24.6 Å². The van der Waals surface area contributed by atoms with Gasteiger partial charge in [0.2, 0.25) is 5.91 Å². The molecule has 1 atom stereocenters. The molecule has 2 heterocycles. The van der Waals surface area contributed by atoms with Crippen LogP contribution in [0.3, 0.4) is 0 Å². The molecular formula is C19H24N6O2S. The molecule has 1 N–H and O–H groups in total. The summed E-state index contributed by atoms with van der Waals surface area (Å²) in [7, 11) is 1.91. The van der Waals surface area contributed by atoms with E-state index in [0.717, 1.165) is 29.2 Å². The normalized spacial score (nSPS) is 18.3. The Morgan fingerprint density at radius 2 is 2.14 bits per heavy atom. The first-order valence-corrected chi connectivity index (χ1v) is 10.4. The summed E-state index contributed by atoms with van der Waals surface area (Å²) in [4.78, 5) is 28.4. The molecule has 2 aliphatic rings. The van der Waals surface area contributed by atoms with Crippen molar-refractivity contribution in [2.45, 2.75) is 36.2 Å². The van der Waals surface area contributed by atoms with Gasteiger partial charge in [0, 0.05) is 37.1 Å². The number of thioether (sulfide) groups is 1.